The first-order valence-corrected chi connectivity index (χ1v) is 9.30. The molecular weight excluding hydrogens is 433 g/mol. The van der Waals surface area contributed by atoms with E-state index in [2.05, 4.69) is 53.5 Å². The summed E-state index contributed by atoms with van der Waals surface area (Å²) >= 11 is 1.73. The molecule has 2 unspecified atom stereocenters. The fraction of sp³-hybridized carbons (Fsp3) is 0.765. The van der Waals surface area contributed by atoms with E-state index in [1.165, 1.54) is 30.6 Å². The zero-order valence-electron chi connectivity index (χ0n) is 15.6. The van der Waals surface area contributed by atoms with Gasteiger partial charge in [-0.1, -0.05) is 19.8 Å². The number of hydrogen-bond acceptors (Lipinski definition) is 4. The molecule has 7 heteroatoms. The minimum Gasteiger partial charge on any atom is -0.355 e. The van der Waals surface area contributed by atoms with Crippen LogP contribution in [-0.4, -0.2) is 49.1 Å². The first kappa shape index (κ1) is 21.6. The SMILES string of the molecule is CN=C(NCc1ncc(C)s1)NCC1(N(C)C)CCCC(C)C1.I. The number of nitrogens with zero attached hydrogens (tertiary/aromatic N) is 3. The number of nitrogens with one attached hydrogen (secondary N) is 2. The molecule has 0 radical (unpaired) electrons. The van der Waals surface area contributed by atoms with Crippen molar-refractivity contribution in [3.05, 3.63) is 16.1 Å². The van der Waals surface area contributed by atoms with Crippen molar-refractivity contribution in [3.8, 4) is 0 Å². The van der Waals surface area contributed by atoms with Gasteiger partial charge >= 0.3 is 0 Å². The van der Waals surface area contributed by atoms with Crippen LogP contribution in [0.25, 0.3) is 0 Å². The second kappa shape index (κ2) is 9.91. The van der Waals surface area contributed by atoms with Crippen molar-refractivity contribution in [1.82, 2.24) is 20.5 Å². The predicted octanol–water partition coefficient (Wildman–Crippen LogP) is 3.25. The van der Waals surface area contributed by atoms with Crippen LogP contribution in [0.1, 0.15) is 42.5 Å². The smallest absolute Gasteiger partial charge is 0.191 e. The van der Waals surface area contributed by atoms with Gasteiger partial charge in [0.15, 0.2) is 5.96 Å². The Hall–Kier alpha value is -0.410. The molecule has 2 atom stereocenters. The number of likely N-dealkylation sites (N-methyl/N-ethyl adjacent to an activating group) is 1. The van der Waals surface area contributed by atoms with Gasteiger partial charge in [-0.15, -0.1) is 35.3 Å². The lowest BCUT2D eigenvalue weighted by molar-refractivity contribution is 0.0795. The highest BCUT2D eigenvalue weighted by Gasteiger charge is 2.36. The third-order valence-corrected chi connectivity index (χ3v) is 5.81. The second-order valence-corrected chi connectivity index (χ2v) is 8.28. The van der Waals surface area contributed by atoms with Crippen LogP contribution in [0, 0.1) is 12.8 Å². The van der Waals surface area contributed by atoms with Crippen LogP contribution in [0.2, 0.25) is 0 Å². The van der Waals surface area contributed by atoms with Gasteiger partial charge in [0.05, 0.1) is 6.54 Å². The van der Waals surface area contributed by atoms with Gasteiger partial charge in [0, 0.05) is 30.2 Å². The van der Waals surface area contributed by atoms with Crippen molar-refractivity contribution in [2.24, 2.45) is 10.9 Å². The number of thiazole rings is 1. The van der Waals surface area contributed by atoms with Gasteiger partial charge in [-0.2, -0.15) is 0 Å². The molecule has 0 aliphatic heterocycles. The van der Waals surface area contributed by atoms with Crippen LogP contribution < -0.4 is 10.6 Å². The molecule has 0 aromatic carbocycles. The molecular formula is C17H32IN5S. The summed E-state index contributed by atoms with van der Waals surface area (Å²) in [6.07, 6.45) is 7.08. The average molecular weight is 465 g/mol. The van der Waals surface area contributed by atoms with E-state index in [0.717, 1.165) is 30.0 Å². The summed E-state index contributed by atoms with van der Waals surface area (Å²) in [5, 5.41) is 8.00. The highest BCUT2D eigenvalue weighted by atomic mass is 127. The average Bonchev–Trinajstić information content (AvgIpc) is 2.93. The molecule has 1 heterocycles. The summed E-state index contributed by atoms with van der Waals surface area (Å²) in [6.45, 7) is 6.11. The molecule has 1 saturated carbocycles. The molecule has 0 saturated heterocycles. The monoisotopic (exact) mass is 465 g/mol. The summed E-state index contributed by atoms with van der Waals surface area (Å²) in [7, 11) is 6.23. The number of hydrogen-bond donors (Lipinski definition) is 2. The van der Waals surface area contributed by atoms with E-state index in [0.29, 0.717) is 0 Å². The molecule has 24 heavy (non-hydrogen) atoms. The number of aliphatic imine (C=N–C) groups is 1. The Morgan fingerprint density at radius 3 is 2.75 bits per heavy atom. The molecule has 2 rings (SSSR count). The largest absolute Gasteiger partial charge is 0.355 e. The minimum absolute atomic E-state index is 0. The van der Waals surface area contributed by atoms with Gasteiger partial charge in [-0.05, 0) is 39.8 Å². The number of halogens is 1. The van der Waals surface area contributed by atoms with Crippen molar-refractivity contribution >= 4 is 41.3 Å². The van der Waals surface area contributed by atoms with Crippen LogP contribution in [0.5, 0.6) is 0 Å². The molecule has 1 fully saturated rings. The molecule has 0 bridgehead atoms. The van der Waals surface area contributed by atoms with Crippen LogP contribution in [0.4, 0.5) is 0 Å². The van der Waals surface area contributed by atoms with Crippen LogP contribution >= 0.6 is 35.3 Å². The van der Waals surface area contributed by atoms with Crippen molar-refractivity contribution in [2.75, 3.05) is 27.7 Å². The summed E-state index contributed by atoms with van der Waals surface area (Å²) < 4.78 is 0. The third-order valence-electron chi connectivity index (χ3n) is 4.90. The van der Waals surface area contributed by atoms with Gasteiger partial charge in [-0.3, -0.25) is 4.99 Å². The second-order valence-electron chi connectivity index (χ2n) is 6.96. The van der Waals surface area contributed by atoms with Gasteiger partial charge < -0.3 is 15.5 Å². The molecule has 2 N–H and O–H groups in total. The zero-order chi connectivity index (χ0) is 16.9. The molecule has 1 aromatic rings. The maximum absolute atomic E-state index is 4.39. The predicted molar refractivity (Wildman–Crippen MR) is 115 cm³/mol. The normalized spacial score (nSPS) is 24.6. The van der Waals surface area contributed by atoms with E-state index in [-0.39, 0.29) is 29.5 Å². The van der Waals surface area contributed by atoms with E-state index in [9.17, 15) is 0 Å². The lowest BCUT2D eigenvalue weighted by atomic mass is 9.75. The molecule has 0 spiro atoms. The Bertz CT molecular complexity index is 531. The highest BCUT2D eigenvalue weighted by molar-refractivity contribution is 14.0. The van der Waals surface area contributed by atoms with Crippen molar-refractivity contribution < 1.29 is 0 Å². The summed E-state index contributed by atoms with van der Waals surface area (Å²) in [6, 6.07) is 0. The van der Waals surface area contributed by atoms with E-state index in [1.54, 1.807) is 11.3 Å². The van der Waals surface area contributed by atoms with Crippen molar-refractivity contribution in [3.63, 3.8) is 0 Å². The topological polar surface area (TPSA) is 52.6 Å². The van der Waals surface area contributed by atoms with E-state index in [1.807, 2.05) is 13.2 Å². The van der Waals surface area contributed by atoms with Crippen LogP contribution in [0.15, 0.2) is 11.2 Å². The minimum atomic E-state index is 0. The summed E-state index contributed by atoms with van der Waals surface area (Å²) in [4.78, 5) is 12.4. The third kappa shape index (κ3) is 5.84. The molecule has 1 aliphatic carbocycles. The zero-order valence-corrected chi connectivity index (χ0v) is 18.7. The molecule has 1 aliphatic rings. The Kier molecular flexibility index (Phi) is 8.94. The number of aromatic nitrogens is 1. The molecule has 5 nitrogen and oxygen atoms in total. The lowest BCUT2D eigenvalue weighted by Crippen LogP contribution is -2.56. The number of guanidine groups is 1. The van der Waals surface area contributed by atoms with Gasteiger partial charge in [0.1, 0.15) is 5.01 Å². The Morgan fingerprint density at radius 2 is 2.21 bits per heavy atom. The fourth-order valence-corrected chi connectivity index (χ4v) is 4.20. The Balaban J connectivity index is 0.00000288. The molecule has 1 aromatic heterocycles. The van der Waals surface area contributed by atoms with E-state index < -0.39 is 0 Å². The fourth-order valence-electron chi connectivity index (χ4n) is 3.47. The Labute approximate surface area is 167 Å². The number of aryl methyl sites for hydroxylation is 1. The van der Waals surface area contributed by atoms with Crippen LogP contribution in [0.3, 0.4) is 0 Å². The highest BCUT2D eigenvalue weighted by Crippen LogP contribution is 2.35. The van der Waals surface area contributed by atoms with Gasteiger partial charge in [0.25, 0.3) is 0 Å². The summed E-state index contributed by atoms with van der Waals surface area (Å²) in [5.74, 6) is 1.65. The maximum Gasteiger partial charge on any atom is 0.191 e. The number of rotatable bonds is 5. The summed E-state index contributed by atoms with van der Waals surface area (Å²) in [5.41, 5.74) is 0.229. The lowest BCUT2D eigenvalue weighted by Gasteiger charge is -2.45. The first-order chi connectivity index (χ1) is 10.9. The van der Waals surface area contributed by atoms with E-state index >= 15 is 0 Å². The van der Waals surface area contributed by atoms with Crippen molar-refractivity contribution in [1.29, 1.82) is 0 Å². The van der Waals surface area contributed by atoms with Crippen LogP contribution in [-0.2, 0) is 6.54 Å². The Morgan fingerprint density at radius 1 is 1.46 bits per heavy atom. The van der Waals surface area contributed by atoms with Gasteiger partial charge in [0.2, 0.25) is 0 Å². The molecule has 0 amide bonds. The van der Waals surface area contributed by atoms with E-state index in [4.69, 9.17) is 0 Å². The van der Waals surface area contributed by atoms with Crippen molar-refractivity contribution in [2.45, 2.75) is 51.6 Å². The van der Waals surface area contributed by atoms with Gasteiger partial charge in [-0.25, -0.2) is 4.98 Å². The molecule has 138 valence electrons. The quantitative estimate of drug-likeness (QED) is 0.398. The first-order valence-electron chi connectivity index (χ1n) is 8.48. The standard InChI is InChI=1S/C17H31N5S.HI/c1-13-7-6-8-17(9-13,22(4)5)12-21-16(18-3)20-11-15-19-10-14(2)23-15;/h10,13H,6-9,11-12H2,1-5H3,(H2,18,20,21);1H. The maximum atomic E-state index is 4.39.